The first-order chi connectivity index (χ1) is 8.64. The largest absolute Gasteiger partial charge is 0.427 e. The molecule has 5 heteroatoms. The Morgan fingerprint density at radius 1 is 0.944 bits per heavy atom. The average molecular weight is 288 g/mol. The molecule has 0 radical (unpaired) electrons. The fraction of sp³-hybridized carbons (Fsp3) is 0.692. The highest BCUT2D eigenvalue weighted by Crippen LogP contribution is 2.27. The van der Waals surface area contributed by atoms with Gasteiger partial charge in [0.2, 0.25) is 0 Å². The van der Waals surface area contributed by atoms with E-state index in [1.54, 1.807) is 0 Å². The lowest BCUT2D eigenvalue weighted by Crippen LogP contribution is -2.69. The Bertz CT molecular complexity index is 275. The van der Waals surface area contributed by atoms with Crippen molar-refractivity contribution in [3.05, 3.63) is 24.6 Å². The molecule has 0 saturated heterocycles. The molecule has 0 N–H and O–H groups in total. The summed E-state index contributed by atoms with van der Waals surface area (Å²) in [5.74, 6) is 0. The molecule has 0 aromatic heterocycles. The van der Waals surface area contributed by atoms with Crippen LogP contribution in [0.15, 0.2) is 24.6 Å². The summed E-state index contributed by atoms with van der Waals surface area (Å²) in [6.07, 6.45) is 9.66. The standard InChI is InChI=1S/C13H26ClN3Si/c1-5-15(6-2)18(14,16(7-3)8-4)17-12-10-9-11-13-17/h10-13H,5-9H2,1-4H3. The lowest BCUT2D eigenvalue weighted by molar-refractivity contribution is 0.329. The van der Waals surface area contributed by atoms with Crippen molar-refractivity contribution in [2.45, 2.75) is 34.1 Å². The highest BCUT2D eigenvalue weighted by Gasteiger charge is 2.47. The van der Waals surface area contributed by atoms with Gasteiger partial charge >= 0.3 is 7.87 Å². The second-order valence-electron chi connectivity index (χ2n) is 4.31. The van der Waals surface area contributed by atoms with Gasteiger partial charge in [-0.2, -0.15) is 0 Å². The number of allylic oxidation sites excluding steroid dienone is 2. The Morgan fingerprint density at radius 3 is 1.67 bits per heavy atom. The second kappa shape index (κ2) is 7.33. The summed E-state index contributed by atoms with van der Waals surface area (Å²) < 4.78 is 7.08. The van der Waals surface area contributed by atoms with Crippen molar-refractivity contribution in [2.24, 2.45) is 0 Å². The lowest BCUT2D eigenvalue weighted by atomic mass is 10.4. The molecule has 0 bridgehead atoms. The van der Waals surface area contributed by atoms with E-state index in [0.29, 0.717) is 0 Å². The van der Waals surface area contributed by atoms with Crippen LogP contribution in [0.3, 0.4) is 0 Å². The molecular formula is C13H26ClN3Si. The molecule has 3 nitrogen and oxygen atoms in total. The van der Waals surface area contributed by atoms with Crippen LogP contribution in [0.2, 0.25) is 0 Å². The molecule has 0 saturated carbocycles. The van der Waals surface area contributed by atoms with Crippen molar-refractivity contribution in [3.8, 4) is 0 Å². The molecule has 104 valence electrons. The number of halogens is 1. The molecule has 0 aromatic rings. The summed E-state index contributed by atoms with van der Waals surface area (Å²) >= 11 is 7.16. The van der Waals surface area contributed by atoms with Crippen LogP contribution in [-0.2, 0) is 0 Å². The third kappa shape index (κ3) is 2.99. The molecular weight excluding hydrogens is 262 g/mol. The molecule has 1 rings (SSSR count). The molecule has 0 spiro atoms. The predicted octanol–water partition coefficient (Wildman–Crippen LogP) is 3.08. The summed E-state index contributed by atoms with van der Waals surface area (Å²) in [5.41, 5.74) is 0. The zero-order valence-corrected chi connectivity index (χ0v) is 13.8. The van der Waals surface area contributed by atoms with Crippen LogP contribution in [0.5, 0.6) is 0 Å². The first-order valence-corrected chi connectivity index (χ1v) is 9.81. The van der Waals surface area contributed by atoms with E-state index in [0.717, 1.165) is 32.6 Å². The summed E-state index contributed by atoms with van der Waals surface area (Å²) in [5, 5.41) is 0. The molecule has 0 unspecified atom stereocenters. The third-order valence-electron chi connectivity index (χ3n) is 3.46. The first-order valence-electron chi connectivity index (χ1n) is 6.95. The van der Waals surface area contributed by atoms with Crippen molar-refractivity contribution in [3.63, 3.8) is 0 Å². The number of hydrogen-bond donors (Lipinski definition) is 0. The molecule has 0 aromatic carbocycles. The fourth-order valence-corrected chi connectivity index (χ4v) is 7.47. The Hall–Kier alpha value is -0.293. The van der Waals surface area contributed by atoms with E-state index in [-0.39, 0.29) is 0 Å². The minimum absolute atomic E-state index is 0.987. The number of rotatable bonds is 7. The van der Waals surface area contributed by atoms with Gasteiger partial charge in [0.15, 0.2) is 0 Å². The maximum absolute atomic E-state index is 7.16. The van der Waals surface area contributed by atoms with Crippen molar-refractivity contribution in [1.82, 2.24) is 13.7 Å². The van der Waals surface area contributed by atoms with Gasteiger partial charge in [0.1, 0.15) is 0 Å². The van der Waals surface area contributed by atoms with Gasteiger partial charge in [-0.25, -0.2) is 0 Å². The van der Waals surface area contributed by atoms with Gasteiger partial charge in [0, 0.05) is 0 Å². The van der Waals surface area contributed by atoms with Crippen molar-refractivity contribution >= 4 is 18.9 Å². The molecule has 1 heterocycles. The van der Waals surface area contributed by atoms with Crippen LogP contribution in [-0.4, -0.2) is 47.7 Å². The van der Waals surface area contributed by atoms with Crippen LogP contribution in [0.1, 0.15) is 34.1 Å². The van der Waals surface area contributed by atoms with Gasteiger partial charge in [0.05, 0.1) is 0 Å². The molecule has 18 heavy (non-hydrogen) atoms. The fourth-order valence-electron chi connectivity index (χ4n) is 2.45. The van der Waals surface area contributed by atoms with Crippen LogP contribution in [0, 0.1) is 0 Å². The van der Waals surface area contributed by atoms with Crippen LogP contribution in [0.25, 0.3) is 0 Å². The first kappa shape index (κ1) is 15.8. The Labute approximate surface area is 118 Å². The maximum atomic E-state index is 7.16. The van der Waals surface area contributed by atoms with Gasteiger partial charge < -0.3 is 4.57 Å². The second-order valence-corrected chi connectivity index (χ2v) is 8.72. The maximum Gasteiger partial charge on any atom is 0.427 e. The summed E-state index contributed by atoms with van der Waals surface area (Å²) in [6.45, 7) is 12.7. The normalized spacial score (nSPS) is 16.1. The van der Waals surface area contributed by atoms with E-state index in [9.17, 15) is 0 Å². The lowest BCUT2D eigenvalue weighted by Gasteiger charge is -2.47. The molecule has 0 aliphatic carbocycles. The van der Waals surface area contributed by atoms with Crippen molar-refractivity contribution in [1.29, 1.82) is 0 Å². The number of hydrogen-bond acceptors (Lipinski definition) is 3. The molecule has 0 fully saturated rings. The van der Waals surface area contributed by atoms with E-state index in [1.807, 2.05) is 0 Å². The number of nitrogens with zero attached hydrogens (tertiary/aromatic N) is 3. The van der Waals surface area contributed by atoms with Crippen LogP contribution >= 0.6 is 11.1 Å². The average Bonchev–Trinajstić information content (AvgIpc) is 2.42. The van der Waals surface area contributed by atoms with E-state index in [4.69, 9.17) is 11.1 Å². The highest BCUT2D eigenvalue weighted by molar-refractivity contribution is 7.15. The predicted molar refractivity (Wildman–Crippen MR) is 82.2 cm³/mol. The monoisotopic (exact) mass is 287 g/mol. The van der Waals surface area contributed by atoms with Crippen LogP contribution < -0.4 is 0 Å². The van der Waals surface area contributed by atoms with E-state index >= 15 is 0 Å². The van der Waals surface area contributed by atoms with Crippen LogP contribution in [0.4, 0.5) is 0 Å². The Balaban J connectivity index is 3.09. The highest BCUT2D eigenvalue weighted by atomic mass is 35.6. The minimum atomic E-state index is -2.31. The smallest absolute Gasteiger partial charge is 0.344 e. The zero-order chi connectivity index (χ0) is 13.6. The molecule has 0 amide bonds. The van der Waals surface area contributed by atoms with Gasteiger partial charge in [-0.05, 0) is 45.0 Å². The summed E-state index contributed by atoms with van der Waals surface area (Å²) in [4.78, 5) is 0. The summed E-state index contributed by atoms with van der Waals surface area (Å²) in [7, 11) is -2.31. The SMILES string of the molecule is CCN(CC)[Si](Cl)(N1C=CCC=C1)N(CC)CC. The summed E-state index contributed by atoms with van der Waals surface area (Å²) in [6, 6.07) is 0. The van der Waals surface area contributed by atoms with Crippen molar-refractivity contribution < 1.29 is 0 Å². The van der Waals surface area contributed by atoms with Gasteiger partial charge in [0.25, 0.3) is 0 Å². The third-order valence-corrected chi connectivity index (χ3v) is 9.31. The van der Waals surface area contributed by atoms with Gasteiger partial charge in [-0.15, -0.1) is 11.1 Å². The topological polar surface area (TPSA) is 9.72 Å². The molecule has 1 aliphatic heterocycles. The molecule has 1 aliphatic rings. The molecule has 0 atom stereocenters. The van der Waals surface area contributed by atoms with Crippen molar-refractivity contribution in [2.75, 3.05) is 26.2 Å². The Morgan fingerprint density at radius 2 is 1.33 bits per heavy atom. The van der Waals surface area contributed by atoms with E-state index in [2.05, 4.69) is 65.9 Å². The minimum Gasteiger partial charge on any atom is -0.344 e. The van der Waals surface area contributed by atoms with Gasteiger partial charge in [-0.3, -0.25) is 9.13 Å². The Kier molecular flexibility index (Phi) is 6.42. The zero-order valence-electron chi connectivity index (χ0n) is 12.1. The van der Waals surface area contributed by atoms with E-state index in [1.165, 1.54) is 0 Å². The van der Waals surface area contributed by atoms with Gasteiger partial charge in [-0.1, -0.05) is 39.8 Å². The van der Waals surface area contributed by atoms with E-state index < -0.39 is 7.87 Å². The quantitative estimate of drug-likeness (QED) is 0.526.